The van der Waals surface area contributed by atoms with Gasteiger partial charge in [-0.25, -0.2) is 9.97 Å². The lowest BCUT2D eigenvalue weighted by molar-refractivity contribution is 0.649. The van der Waals surface area contributed by atoms with Crippen molar-refractivity contribution >= 4 is 34.3 Å². The van der Waals surface area contributed by atoms with Crippen LogP contribution in [0.15, 0.2) is 46.3 Å². The fourth-order valence-electron chi connectivity index (χ4n) is 2.68. The summed E-state index contributed by atoms with van der Waals surface area (Å²) in [6, 6.07) is 9.31. The molecule has 0 saturated heterocycles. The zero-order valence-electron chi connectivity index (χ0n) is 13.5. The maximum absolute atomic E-state index is 12.3. The van der Waals surface area contributed by atoms with E-state index in [0.717, 1.165) is 40.2 Å². The summed E-state index contributed by atoms with van der Waals surface area (Å²) in [5.41, 5.74) is 1.53. The number of fused-ring (bicyclic) bond motifs is 1. The van der Waals surface area contributed by atoms with E-state index in [4.69, 9.17) is 11.6 Å². The van der Waals surface area contributed by atoms with E-state index in [0.29, 0.717) is 5.02 Å². The van der Waals surface area contributed by atoms with E-state index in [9.17, 15) is 4.79 Å². The average Bonchev–Trinajstić information content (AvgIpc) is 2.59. The van der Waals surface area contributed by atoms with Crippen LogP contribution in [-0.4, -0.2) is 21.2 Å². The first-order chi connectivity index (χ1) is 11.6. The van der Waals surface area contributed by atoms with E-state index in [2.05, 4.69) is 21.9 Å². The molecule has 124 valence electrons. The number of nitrogens with zero attached hydrogens (tertiary/aromatic N) is 2. The van der Waals surface area contributed by atoms with Crippen molar-refractivity contribution in [3.63, 3.8) is 0 Å². The van der Waals surface area contributed by atoms with E-state index in [1.807, 2.05) is 30.5 Å². The number of nitrogens with one attached hydrogen (secondary N) is 1. The number of aromatic nitrogens is 3. The van der Waals surface area contributed by atoms with Crippen molar-refractivity contribution in [1.82, 2.24) is 15.0 Å². The molecule has 1 atom stereocenters. The van der Waals surface area contributed by atoms with Gasteiger partial charge in [-0.2, -0.15) is 0 Å². The Bertz CT molecular complexity index is 926. The molecule has 0 aliphatic carbocycles. The average molecular weight is 360 g/mol. The maximum Gasteiger partial charge on any atom is 0.251 e. The van der Waals surface area contributed by atoms with Crippen LogP contribution in [0.2, 0.25) is 5.02 Å². The topological polar surface area (TPSA) is 58.6 Å². The van der Waals surface area contributed by atoms with E-state index in [1.165, 1.54) is 0 Å². The molecule has 0 saturated carbocycles. The number of aromatic amines is 1. The number of hydrogen-bond donors (Lipinski definition) is 1. The molecule has 1 N–H and O–H groups in total. The molecule has 3 aromatic rings. The number of pyridine rings is 1. The van der Waals surface area contributed by atoms with Gasteiger partial charge >= 0.3 is 0 Å². The Labute approximate surface area is 149 Å². The predicted molar refractivity (Wildman–Crippen MR) is 100 cm³/mol. The summed E-state index contributed by atoms with van der Waals surface area (Å²) in [5.74, 6) is 0.924. The molecule has 4 nitrogen and oxygen atoms in total. The largest absolute Gasteiger partial charge is 0.322 e. The molecule has 0 bridgehead atoms. The Morgan fingerprint density at radius 1 is 1.29 bits per heavy atom. The SMILES string of the molecule is CSc1ccnc(CC[C@@H](C)c2cc3cc(Cl)ccc3[nH]c2=O)n1. The van der Waals surface area contributed by atoms with Gasteiger partial charge in [0.2, 0.25) is 0 Å². The first-order valence-electron chi connectivity index (χ1n) is 7.75. The van der Waals surface area contributed by atoms with Gasteiger partial charge in [-0.1, -0.05) is 18.5 Å². The van der Waals surface area contributed by atoms with Gasteiger partial charge in [0.05, 0.1) is 5.03 Å². The van der Waals surface area contributed by atoms with Gasteiger partial charge in [-0.15, -0.1) is 11.8 Å². The highest BCUT2D eigenvalue weighted by Gasteiger charge is 2.12. The molecule has 0 fully saturated rings. The minimum Gasteiger partial charge on any atom is -0.322 e. The molecule has 1 aromatic carbocycles. The third-order valence-electron chi connectivity index (χ3n) is 4.06. The Hall–Kier alpha value is -1.85. The van der Waals surface area contributed by atoms with Gasteiger partial charge < -0.3 is 4.98 Å². The molecule has 0 unspecified atom stereocenters. The molecule has 2 heterocycles. The van der Waals surface area contributed by atoms with Gasteiger partial charge in [-0.3, -0.25) is 4.79 Å². The van der Waals surface area contributed by atoms with Gasteiger partial charge in [-0.05, 0) is 54.3 Å². The second kappa shape index (κ2) is 7.36. The molecular weight excluding hydrogens is 342 g/mol. The molecule has 0 radical (unpaired) electrons. The second-order valence-electron chi connectivity index (χ2n) is 5.74. The highest BCUT2D eigenvalue weighted by atomic mass is 35.5. The van der Waals surface area contributed by atoms with Crippen LogP contribution in [0.4, 0.5) is 0 Å². The summed E-state index contributed by atoms with van der Waals surface area (Å²) in [5, 5.41) is 2.57. The van der Waals surface area contributed by atoms with Crippen molar-refractivity contribution in [1.29, 1.82) is 0 Å². The van der Waals surface area contributed by atoms with Crippen molar-refractivity contribution in [3.8, 4) is 0 Å². The summed E-state index contributed by atoms with van der Waals surface area (Å²) in [6.07, 6.45) is 5.33. The molecule has 0 amide bonds. The number of benzene rings is 1. The Kier molecular flexibility index (Phi) is 5.21. The van der Waals surface area contributed by atoms with Crippen LogP contribution < -0.4 is 5.56 Å². The van der Waals surface area contributed by atoms with E-state index < -0.39 is 0 Å². The molecule has 0 aliphatic rings. The molecule has 3 rings (SSSR count). The summed E-state index contributed by atoms with van der Waals surface area (Å²) < 4.78 is 0. The predicted octanol–water partition coefficient (Wildman–Crippen LogP) is 4.43. The van der Waals surface area contributed by atoms with Gasteiger partial charge in [0.1, 0.15) is 5.82 Å². The fraction of sp³-hybridized carbons (Fsp3) is 0.278. The zero-order chi connectivity index (χ0) is 17.1. The number of hydrogen-bond acceptors (Lipinski definition) is 4. The highest BCUT2D eigenvalue weighted by Crippen LogP contribution is 2.23. The summed E-state index contributed by atoms with van der Waals surface area (Å²) in [4.78, 5) is 24.1. The Morgan fingerprint density at radius 2 is 2.12 bits per heavy atom. The number of H-pyrrole nitrogens is 1. The van der Waals surface area contributed by atoms with Gasteiger partial charge in [0.15, 0.2) is 0 Å². The third-order valence-corrected chi connectivity index (χ3v) is 4.94. The van der Waals surface area contributed by atoms with Crippen LogP contribution in [0.25, 0.3) is 10.9 Å². The van der Waals surface area contributed by atoms with Crippen molar-refractivity contribution in [3.05, 3.63) is 63.3 Å². The van der Waals surface area contributed by atoms with Gasteiger partial charge in [0.25, 0.3) is 5.56 Å². The fourth-order valence-corrected chi connectivity index (χ4v) is 3.25. The van der Waals surface area contributed by atoms with E-state index in [-0.39, 0.29) is 11.5 Å². The second-order valence-corrected chi connectivity index (χ2v) is 7.00. The first-order valence-corrected chi connectivity index (χ1v) is 9.35. The van der Waals surface area contributed by atoms with Crippen molar-refractivity contribution in [2.75, 3.05) is 6.26 Å². The maximum atomic E-state index is 12.3. The van der Waals surface area contributed by atoms with Crippen LogP contribution in [0.5, 0.6) is 0 Å². The molecule has 0 spiro atoms. The molecule has 6 heteroatoms. The molecule has 0 aliphatic heterocycles. The Morgan fingerprint density at radius 3 is 2.92 bits per heavy atom. The van der Waals surface area contributed by atoms with Crippen LogP contribution in [0.3, 0.4) is 0 Å². The van der Waals surface area contributed by atoms with Crippen molar-refractivity contribution < 1.29 is 0 Å². The summed E-state index contributed by atoms with van der Waals surface area (Å²) >= 11 is 7.65. The first kappa shape index (κ1) is 17.0. The summed E-state index contributed by atoms with van der Waals surface area (Å²) in [7, 11) is 0. The van der Waals surface area contributed by atoms with Crippen LogP contribution in [0, 0.1) is 0 Å². The smallest absolute Gasteiger partial charge is 0.251 e. The van der Waals surface area contributed by atoms with Crippen LogP contribution >= 0.6 is 23.4 Å². The minimum absolute atomic E-state index is 0.0453. The highest BCUT2D eigenvalue weighted by molar-refractivity contribution is 7.98. The number of rotatable bonds is 5. The number of thioether (sulfide) groups is 1. The molecule has 2 aromatic heterocycles. The zero-order valence-corrected chi connectivity index (χ0v) is 15.1. The monoisotopic (exact) mass is 359 g/mol. The lowest BCUT2D eigenvalue weighted by atomic mass is 9.96. The number of aryl methyl sites for hydroxylation is 1. The van der Waals surface area contributed by atoms with E-state index >= 15 is 0 Å². The minimum atomic E-state index is -0.0453. The normalized spacial score (nSPS) is 12.5. The van der Waals surface area contributed by atoms with E-state index in [1.54, 1.807) is 24.0 Å². The summed E-state index contributed by atoms with van der Waals surface area (Å²) in [6.45, 7) is 2.05. The third kappa shape index (κ3) is 3.79. The van der Waals surface area contributed by atoms with Gasteiger partial charge in [0, 0.05) is 28.7 Å². The Balaban J connectivity index is 1.81. The lowest BCUT2D eigenvalue weighted by Crippen LogP contribution is -2.15. The van der Waals surface area contributed by atoms with Crippen LogP contribution in [-0.2, 0) is 6.42 Å². The molecular formula is C18H18ClN3OS. The standard InChI is InChI=1S/C18H18ClN3OS/c1-11(3-6-16-20-8-7-17(22-16)24-2)14-10-12-9-13(19)4-5-15(12)21-18(14)23/h4-5,7-11H,3,6H2,1-2H3,(H,21,23)/t11-/m1/s1. The lowest BCUT2D eigenvalue weighted by Gasteiger charge is -2.12. The molecule has 24 heavy (non-hydrogen) atoms. The quantitative estimate of drug-likeness (QED) is 0.540. The van der Waals surface area contributed by atoms with Crippen molar-refractivity contribution in [2.24, 2.45) is 0 Å². The number of halogens is 1. The van der Waals surface area contributed by atoms with Crippen molar-refractivity contribution in [2.45, 2.75) is 30.7 Å². The van der Waals surface area contributed by atoms with Crippen LogP contribution in [0.1, 0.15) is 30.7 Å².